The second-order valence-electron chi connectivity index (χ2n) is 4.53. The molecule has 22 heavy (non-hydrogen) atoms. The molecule has 0 saturated carbocycles. The monoisotopic (exact) mass is 447 g/mol. The lowest BCUT2D eigenvalue weighted by Crippen LogP contribution is -2.38. The molecule has 0 aliphatic carbocycles. The second kappa shape index (κ2) is 10.2. The van der Waals surface area contributed by atoms with Crippen molar-refractivity contribution in [3.05, 3.63) is 29.3 Å². The summed E-state index contributed by atoms with van der Waals surface area (Å²) in [5.74, 6) is 0.367. The van der Waals surface area contributed by atoms with E-state index in [1.54, 1.807) is 11.8 Å². The first-order valence-electron chi connectivity index (χ1n) is 6.50. The molecule has 1 aromatic rings. The normalized spacial score (nSPS) is 11.8. The molecule has 0 fully saturated rings. The molecule has 0 unspecified atom stereocenters. The van der Waals surface area contributed by atoms with E-state index in [4.69, 9.17) is 0 Å². The highest BCUT2D eigenvalue weighted by Crippen LogP contribution is 2.21. The number of aliphatic imine (C=N–C) groups is 1. The molecule has 126 valence electrons. The second-order valence-corrected chi connectivity index (χ2v) is 5.38. The van der Waals surface area contributed by atoms with Crippen LogP contribution in [0.1, 0.15) is 17.5 Å². The molecule has 0 aliphatic heterocycles. The zero-order chi connectivity index (χ0) is 15.9. The highest BCUT2D eigenvalue weighted by atomic mass is 127. The number of benzene rings is 1. The standard InChI is InChI=1S/C14H20F3N3S.HI/c1-10-4-5-11(12(8-10)21-3)9-20-13(18-2)19-7-6-14(15,16)17;/h4-5,8H,6-7,9H2,1-3H3,(H2,18,19,20);1H. The van der Waals surface area contributed by atoms with Gasteiger partial charge in [-0.1, -0.05) is 12.1 Å². The zero-order valence-corrected chi connectivity index (χ0v) is 15.9. The van der Waals surface area contributed by atoms with Gasteiger partial charge in [-0.05, 0) is 30.4 Å². The van der Waals surface area contributed by atoms with E-state index in [1.807, 2.05) is 25.3 Å². The van der Waals surface area contributed by atoms with Gasteiger partial charge in [0, 0.05) is 25.0 Å². The van der Waals surface area contributed by atoms with Crippen LogP contribution in [0.4, 0.5) is 13.2 Å². The number of guanidine groups is 1. The molecule has 0 amide bonds. The lowest BCUT2D eigenvalue weighted by Gasteiger charge is -2.14. The maximum atomic E-state index is 12.1. The molecule has 8 heteroatoms. The van der Waals surface area contributed by atoms with Crippen LogP contribution in [0.2, 0.25) is 0 Å². The lowest BCUT2D eigenvalue weighted by molar-refractivity contribution is -0.132. The quantitative estimate of drug-likeness (QED) is 0.311. The Hall–Kier alpha value is -0.640. The minimum Gasteiger partial charge on any atom is -0.356 e. The number of hydrogen-bond donors (Lipinski definition) is 2. The molecule has 0 aromatic heterocycles. The van der Waals surface area contributed by atoms with E-state index in [9.17, 15) is 13.2 Å². The topological polar surface area (TPSA) is 36.4 Å². The number of thioether (sulfide) groups is 1. The van der Waals surface area contributed by atoms with Crippen molar-refractivity contribution in [3.63, 3.8) is 0 Å². The Labute approximate surface area is 150 Å². The van der Waals surface area contributed by atoms with Crippen LogP contribution >= 0.6 is 35.7 Å². The van der Waals surface area contributed by atoms with Gasteiger partial charge >= 0.3 is 6.18 Å². The SMILES string of the molecule is CN=C(NCCC(F)(F)F)NCc1ccc(C)cc1SC.I. The highest BCUT2D eigenvalue weighted by Gasteiger charge is 2.26. The maximum Gasteiger partial charge on any atom is 0.390 e. The summed E-state index contributed by atoms with van der Waals surface area (Å²) < 4.78 is 36.3. The average Bonchev–Trinajstić information content (AvgIpc) is 2.42. The molecule has 3 nitrogen and oxygen atoms in total. The molecular formula is C14H21F3IN3S. The highest BCUT2D eigenvalue weighted by molar-refractivity contribution is 14.0. The van der Waals surface area contributed by atoms with Crippen molar-refractivity contribution in [2.45, 2.75) is 31.0 Å². The maximum absolute atomic E-state index is 12.1. The molecule has 1 aromatic carbocycles. The van der Waals surface area contributed by atoms with Crippen molar-refractivity contribution in [2.24, 2.45) is 4.99 Å². The van der Waals surface area contributed by atoms with E-state index in [0.29, 0.717) is 12.5 Å². The first-order chi connectivity index (χ1) is 9.85. The van der Waals surface area contributed by atoms with Gasteiger partial charge in [-0.3, -0.25) is 4.99 Å². The fourth-order valence-corrected chi connectivity index (χ4v) is 2.43. The Morgan fingerprint density at radius 3 is 2.50 bits per heavy atom. The molecule has 2 N–H and O–H groups in total. The van der Waals surface area contributed by atoms with Crippen molar-refractivity contribution in [3.8, 4) is 0 Å². The first kappa shape index (κ1) is 21.4. The summed E-state index contributed by atoms with van der Waals surface area (Å²) in [7, 11) is 1.54. The summed E-state index contributed by atoms with van der Waals surface area (Å²) in [4.78, 5) is 5.06. The molecule has 1 rings (SSSR count). The first-order valence-corrected chi connectivity index (χ1v) is 7.73. The predicted octanol–water partition coefficient (Wildman–Crippen LogP) is 3.95. The minimum atomic E-state index is -4.16. The average molecular weight is 447 g/mol. The van der Waals surface area contributed by atoms with Crippen LogP contribution in [0, 0.1) is 6.92 Å². The summed E-state index contributed by atoms with van der Waals surface area (Å²) in [5, 5.41) is 5.68. The van der Waals surface area contributed by atoms with Gasteiger partial charge < -0.3 is 10.6 Å². The van der Waals surface area contributed by atoms with E-state index >= 15 is 0 Å². The Morgan fingerprint density at radius 2 is 1.95 bits per heavy atom. The van der Waals surface area contributed by atoms with Gasteiger partial charge in [0.25, 0.3) is 0 Å². The summed E-state index contributed by atoms with van der Waals surface area (Å²) in [6.45, 7) is 2.35. The number of rotatable bonds is 5. The Balaban J connectivity index is 0.00000441. The van der Waals surface area contributed by atoms with E-state index in [0.717, 1.165) is 10.5 Å². The van der Waals surface area contributed by atoms with E-state index in [-0.39, 0.29) is 30.5 Å². The van der Waals surface area contributed by atoms with Gasteiger partial charge in [-0.25, -0.2) is 0 Å². The molecule has 0 atom stereocenters. The molecule has 0 heterocycles. The van der Waals surface area contributed by atoms with E-state index < -0.39 is 12.6 Å². The van der Waals surface area contributed by atoms with Crippen LogP contribution in [0.5, 0.6) is 0 Å². The molecule has 0 spiro atoms. The molecule has 0 bridgehead atoms. The third kappa shape index (κ3) is 8.11. The fourth-order valence-electron chi connectivity index (χ4n) is 1.72. The van der Waals surface area contributed by atoms with Crippen LogP contribution in [0.15, 0.2) is 28.1 Å². The summed E-state index contributed by atoms with van der Waals surface area (Å²) >= 11 is 1.64. The number of nitrogens with one attached hydrogen (secondary N) is 2. The van der Waals surface area contributed by atoms with Gasteiger partial charge in [-0.15, -0.1) is 35.7 Å². The number of alkyl halides is 3. The Morgan fingerprint density at radius 1 is 1.27 bits per heavy atom. The van der Waals surface area contributed by atoms with Crippen LogP contribution in [0.3, 0.4) is 0 Å². The number of aryl methyl sites for hydroxylation is 1. The molecular weight excluding hydrogens is 426 g/mol. The third-order valence-corrected chi connectivity index (χ3v) is 3.63. The zero-order valence-electron chi connectivity index (χ0n) is 12.8. The van der Waals surface area contributed by atoms with Crippen molar-refractivity contribution in [1.29, 1.82) is 0 Å². The van der Waals surface area contributed by atoms with Crippen molar-refractivity contribution >= 4 is 41.7 Å². The largest absolute Gasteiger partial charge is 0.390 e. The number of hydrogen-bond acceptors (Lipinski definition) is 2. The van der Waals surface area contributed by atoms with Gasteiger partial charge in [-0.2, -0.15) is 13.2 Å². The molecule has 0 aliphatic rings. The van der Waals surface area contributed by atoms with Crippen molar-refractivity contribution < 1.29 is 13.2 Å². The van der Waals surface area contributed by atoms with Crippen LogP contribution in [-0.2, 0) is 6.54 Å². The lowest BCUT2D eigenvalue weighted by atomic mass is 10.1. The molecule has 0 saturated heterocycles. The smallest absolute Gasteiger partial charge is 0.356 e. The Kier molecular flexibility index (Phi) is 9.90. The van der Waals surface area contributed by atoms with E-state index in [1.165, 1.54) is 12.6 Å². The minimum absolute atomic E-state index is 0. The van der Waals surface area contributed by atoms with Gasteiger partial charge in [0.2, 0.25) is 0 Å². The van der Waals surface area contributed by atoms with Gasteiger partial charge in [0.15, 0.2) is 5.96 Å². The van der Waals surface area contributed by atoms with Gasteiger partial charge in [0.05, 0.1) is 6.42 Å². The van der Waals surface area contributed by atoms with Crippen LogP contribution in [-0.4, -0.2) is 32.0 Å². The predicted molar refractivity (Wildman–Crippen MR) is 97.2 cm³/mol. The number of nitrogens with zero attached hydrogens (tertiary/aromatic N) is 1. The Bertz CT molecular complexity index is 493. The molecule has 0 radical (unpaired) electrons. The van der Waals surface area contributed by atoms with Crippen molar-refractivity contribution in [2.75, 3.05) is 19.8 Å². The van der Waals surface area contributed by atoms with Gasteiger partial charge in [0.1, 0.15) is 0 Å². The summed E-state index contributed by atoms with van der Waals surface area (Å²) in [6.07, 6.45) is -3.04. The summed E-state index contributed by atoms with van der Waals surface area (Å²) in [5.41, 5.74) is 2.27. The summed E-state index contributed by atoms with van der Waals surface area (Å²) in [6, 6.07) is 6.11. The number of halogens is 4. The third-order valence-electron chi connectivity index (χ3n) is 2.81. The van der Waals surface area contributed by atoms with E-state index in [2.05, 4.69) is 21.7 Å². The van der Waals surface area contributed by atoms with Crippen molar-refractivity contribution in [1.82, 2.24) is 10.6 Å². The fraction of sp³-hybridized carbons (Fsp3) is 0.500. The van der Waals surface area contributed by atoms with Crippen LogP contribution < -0.4 is 10.6 Å². The van der Waals surface area contributed by atoms with Crippen LogP contribution in [0.25, 0.3) is 0 Å².